The zero-order chi connectivity index (χ0) is 9.26. The van der Waals surface area contributed by atoms with Crippen LogP contribution in [0.5, 0.6) is 0 Å². The van der Waals surface area contributed by atoms with Gasteiger partial charge >= 0.3 is 0 Å². The van der Waals surface area contributed by atoms with E-state index in [2.05, 4.69) is 26.8 Å². The molecule has 0 atom stereocenters. The van der Waals surface area contributed by atoms with Gasteiger partial charge in [0.25, 0.3) is 0 Å². The molecule has 0 amide bonds. The molecular formula is C9H16N4. The molecule has 1 aliphatic rings. The van der Waals surface area contributed by atoms with E-state index in [1.54, 1.807) is 0 Å². The summed E-state index contributed by atoms with van der Waals surface area (Å²) in [7, 11) is 4.20. The van der Waals surface area contributed by atoms with Crippen molar-refractivity contribution in [3.8, 4) is 0 Å². The minimum atomic E-state index is 0.704. The third kappa shape index (κ3) is 1.73. The Morgan fingerprint density at radius 1 is 1.69 bits per heavy atom. The van der Waals surface area contributed by atoms with Crippen LogP contribution < -0.4 is 5.32 Å². The molecule has 72 valence electrons. The second-order valence-electron chi connectivity index (χ2n) is 3.72. The van der Waals surface area contributed by atoms with Crippen LogP contribution >= 0.6 is 0 Å². The Hall–Kier alpha value is -0.870. The van der Waals surface area contributed by atoms with Gasteiger partial charge in [0.1, 0.15) is 0 Å². The molecule has 0 saturated carbocycles. The summed E-state index contributed by atoms with van der Waals surface area (Å²) >= 11 is 0. The summed E-state index contributed by atoms with van der Waals surface area (Å²) in [5, 5.41) is 3.27. The maximum Gasteiger partial charge on any atom is 0.0945 e. The van der Waals surface area contributed by atoms with Gasteiger partial charge in [-0.3, -0.25) is 4.90 Å². The zero-order valence-electron chi connectivity index (χ0n) is 8.20. The quantitative estimate of drug-likeness (QED) is 0.700. The van der Waals surface area contributed by atoms with Gasteiger partial charge in [0.05, 0.1) is 12.0 Å². The van der Waals surface area contributed by atoms with Crippen molar-refractivity contribution in [1.29, 1.82) is 0 Å². The van der Waals surface area contributed by atoms with Gasteiger partial charge in [-0.05, 0) is 7.05 Å². The number of likely N-dealkylation sites (N-methyl/N-ethyl adjacent to an activating group) is 1. The molecule has 13 heavy (non-hydrogen) atoms. The van der Waals surface area contributed by atoms with Crippen LogP contribution in [0.15, 0.2) is 12.5 Å². The van der Waals surface area contributed by atoms with E-state index < -0.39 is 0 Å². The molecular weight excluding hydrogens is 164 g/mol. The first-order chi connectivity index (χ1) is 6.27. The number of nitrogens with zero attached hydrogens (tertiary/aromatic N) is 3. The third-order valence-corrected chi connectivity index (χ3v) is 2.71. The van der Waals surface area contributed by atoms with Gasteiger partial charge in [-0.15, -0.1) is 0 Å². The SMILES string of the molecule is CN(Cc1cncn1C)C1CNC1. The van der Waals surface area contributed by atoms with Crippen molar-refractivity contribution >= 4 is 0 Å². The molecule has 1 aromatic rings. The first kappa shape index (κ1) is 8.72. The monoisotopic (exact) mass is 180 g/mol. The van der Waals surface area contributed by atoms with Crippen molar-refractivity contribution in [2.24, 2.45) is 7.05 Å². The molecule has 4 nitrogen and oxygen atoms in total. The smallest absolute Gasteiger partial charge is 0.0945 e. The number of rotatable bonds is 3. The van der Waals surface area contributed by atoms with E-state index in [0.29, 0.717) is 6.04 Å². The lowest BCUT2D eigenvalue weighted by atomic mass is 10.1. The van der Waals surface area contributed by atoms with Crippen LogP contribution in [0.4, 0.5) is 0 Å². The lowest BCUT2D eigenvalue weighted by molar-refractivity contribution is 0.170. The van der Waals surface area contributed by atoms with Crippen LogP contribution in [0.2, 0.25) is 0 Å². The fourth-order valence-electron chi connectivity index (χ4n) is 1.51. The van der Waals surface area contributed by atoms with Crippen molar-refractivity contribution in [3.05, 3.63) is 18.2 Å². The standard InChI is InChI=1S/C9H16N4/c1-12(8-3-10-4-8)6-9-5-11-7-13(9)2/h5,7-8,10H,3-4,6H2,1-2H3. The van der Waals surface area contributed by atoms with Gasteiger partial charge in [0, 0.05) is 38.9 Å². The van der Waals surface area contributed by atoms with Crippen molar-refractivity contribution in [2.45, 2.75) is 12.6 Å². The van der Waals surface area contributed by atoms with Gasteiger partial charge in [-0.2, -0.15) is 0 Å². The molecule has 0 aromatic carbocycles. The Kier molecular flexibility index (Phi) is 2.33. The summed E-state index contributed by atoms with van der Waals surface area (Å²) in [5.41, 5.74) is 1.27. The summed E-state index contributed by atoms with van der Waals surface area (Å²) in [6.07, 6.45) is 3.78. The summed E-state index contributed by atoms with van der Waals surface area (Å²) in [6, 6.07) is 0.704. The summed E-state index contributed by atoms with van der Waals surface area (Å²) in [6.45, 7) is 3.23. The van der Waals surface area contributed by atoms with Gasteiger partial charge in [0.2, 0.25) is 0 Å². The van der Waals surface area contributed by atoms with Crippen molar-refractivity contribution < 1.29 is 0 Å². The molecule has 1 N–H and O–H groups in total. The van der Waals surface area contributed by atoms with Gasteiger partial charge in [0.15, 0.2) is 0 Å². The third-order valence-electron chi connectivity index (χ3n) is 2.71. The van der Waals surface area contributed by atoms with Gasteiger partial charge < -0.3 is 9.88 Å². The van der Waals surface area contributed by atoms with Crippen molar-refractivity contribution in [3.63, 3.8) is 0 Å². The van der Waals surface area contributed by atoms with Crippen molar-refractivity contribution in [1.82, 2.24) is 19.8 Å². The second kappa shape index (κ2) is 3.47. The molecule has 0 bridgehead atoms. The number of aryl methyl sites for hydroxylation is 1. The summed E-state index contributed by atoms with van der Waals surface area (Å²) in [5.74, 6) is 0. The lowest BCUT2D eigenvalue weighted by Crippen LogP contribution is -2.55. The normalized spacial score (nSPS) is 17.8. The van der Waals surface area contributed by atoms with E-state index in [1.165, 1.54) is 5.69 Å². The Morgan fingerprint density at radius 3 is 2.92 bits per heavy atom. The number of nitrogens with one attached hydrogen (secondary N) is 1. The van der Waals surface area contributed by atoms with Gasteiger partial charge in [-0.25, -0.2) is 4.98 Å². The Bertz CT molecular complexity index is 277. The number of imidazole rings is 1. The largest absolute Gasteiger partial charge is 0.337 e. The first-order valence-corrected chi connectivity index (χ1v) is 4.63. The highest BCUT2D eigenvalue weighted by Gasteiger charge is 2.21. The molecule has 1 saturated heterocycles. The first-order valence-electron chi connectivity index (χ1n) is 4.63. The molecule has 0 aliphatic carbocycles. The van der Waals surface area contributed by atoms with Crippen LogP contribution in [-0.2, 0) is 13.6 Å². The molecule has 0 unspecified atom stereocenters. The van der Waals surface area contributed by atoms with Crippen LogP contribution in [-0.4, -0.2) is 40.6 Å². The maximum atomic E-state index is 4.10. The Balaban J connectivity index is 1.93. The van der Waals surface area contributed by atoms with E-state index in [0.717, 1.165) is 19.6 Å². The zero-order valence-corrected chi connectivity index (χ0v) is 8.20. The van der Waals surface area contributed by atoms with E-state index >= 15 is 0 Å². The predicted octanol–water partition coefficient (Wildman–Crippen LogP) is -0.176. The topological polar surface area (TPSA) is 33.1 Å². The second-order valence-corrected chi connectivity index (χ2v) is 3.72. The van der Waals surface area contributed by atoms with E-state index in [4.69, 9.17) is 0 Å². The van der Waals surface area contributed by atoms with Crippen molar-refractivity contribution in [2.75, 3.05) is 20.1 Å². The number of aromatic nitrogens is 2. The molecule has 2 rings (SSSR count). The van der Waals surface area contributed by atoms with Crippen LogP contribution in [0.3, 0.4) is 0 Å². The number of hydrogen-bond donors (Lipinski definition) is 1. The lowest BCUT2D eigenvalue weighted by Gasteiger charge is -2.35. The fourth-order valence-corrected chi connectivity index (χ4v) is 1.51. The average Bonchev–Trinajstić information content (AvgIpc) is 2.32. The minimum absolute atomic E-state index is 0.704. The highest BCUT2D eigenvalue weighted by atomic mass is 15.2. The Morgan fingerprint density at radius 2 is 2.46 bits per heavy atom. The van der Waals surface area contributed by atoms with Crippen LogP contribution in [0.1, 0.15) is 5.69 Å². The highest BCUT2D eigenvalue weighted by molar-refractivity contribution is 4.98. The molecule has 0 spiro atoms. The molecule has 4 heteroatoms. The molecule has 0 radical (unpaired) electrons. The number of hydrogen-bond acceptors (Lipinski definition) is 3. The highest BCUT2D eigenvalue weighted by Crippen LogP contribution is 2.07. The molecule has 2 heterocycles. The van der Waals surface area contributed by atoms with E-state index in [-0.39, 0.29) is 0 Å². The molecule has 1 aromatic heterocycles. The van der Waals surface area contributed by atoms with Gasteiger partial charge in [-0.1, -0.05) is 0 Å². The predicted molar refractivity (Wildman–Crippen MR) is 51.3 cm³/mol. The molecule has 1 fully saturated rings. The average molecular weight is 180 g/mol. The van der Waals surface area contributed by atoms with E-state index in [1.807, 2.05) is 19.6 Å². The van der Waals surface area contributed by atoms with E-state index in [9.17, 15) is 0 Å². The maximum absolute atomic E-state index is 4.10. The fraction of sp³-hybridized carbons (Fsp3) is 0.667. The van der Waals surface area contributed by atoms with Crippen LogP contribution in [0.25, 0.3) is 0 Å². The van der Waals surface area contributed by atoms with Crippen LogP contribution in [0, 0.1) is 0 Å². The minimum Gasteiger partial charge on any atom is -0.337 e. The summed E-state index contributed by atoms with van der Waals surface area (Å²) in [4.78, 5) is 6.47. The molecule has 1 aliphatic heterocycles. The summed E-state index contributed by atoms with van der Waals surface area (Å²) < 4.78 is 2.07. The Labute approximate surface area is 78.6 Å².